The molecule has 8 heteroatoms. The van der Waals surface area contributed by atoms with Crippen LogP contribution >= 0.6 is 24.0 Å². The zero-order chi connectivity index (χ0) is 22.1. The average molecular weight is 451 g/mol. The highest BCUT2D eigenvalue weighted by Gasteiger charge is 2.31. The summed E-state index contributed by atoms with van der Waals surface area (Å²) in [5, 5.41) is 3.38. The standard InChI is InChI=1S/C23H22N4O2S2/c1-4-26-22(29)18(31-23(26)30)13-17-19(24-15(3)16-10-6-5-7-11-16)25-20-14(2)9-8-12-27(20)21(17)28/h5-13,15,24H,4H2,1-3H3/b18-13-/t15-/m0/s1. The second-order valence-corrected chi connectivity index (χ2v) is 8.94. The first-order valence-corrected chi connectivity index (χ1v) is 11.2. The van der Waals surface area contributed by atoms with E-state index in [1.54, 1.807) is 12.3 Å². The quantitative estimate of drug-likeness (QED) is 0.459. The van der Waals surface area contributed by atoms with E-state index in [0.29, 0.717) is 32.8 Å². The molecule has 0 spiro atoms. The number of benzene rings is 1. The average Bonchev–Trinajstić information content (AvgIpc) is 3.04. The normalized spacial score (nSPS) is 16.4. The van der Waals surface area contributed by atoms with E-state index in [1.807, 2.05) is 63.2 Å². The van der Waals surface area contributed by atoms with Crippen molar-refractivity contribution in [1.82, 2.24) is 14.3 Å². The van der Waals surface area contributed by atoms with Crippen LogP contribution in [0.5, 0.6) is 0 Å². The van der Waals surface area contributed by atoms with Crippen LogP contribution in [-0.4, -0.2) is 31.1 Å². The van der Waals surface area contributed by atoms with E-state index in [-0.39, 0.29) is 17.5 Å². The minimum atomic E-state index is -0.238. The Bertz CT molecular complexity index is 1270. The molecule has 0 saturated carbocycles. The molecule has 1 saturated heterocycles. The number of hydrogen-bond acceptors (Lipinski definition) is 6. The molecule has 158 valence electrons. The summed E-state index contributed by atoms with van der Waals surface area (Å²) in [5.41, 5.74) is 2.63. The summed E-state index contributed by atoms with van der Waals surface area (Å²) in [6.45, 7) is 6.29. The maximum Gasteiger partial charge on any atom is 0.267 e. The lowest BCUT2D eigenvalue weighted by molar-refractivity contribution is -0.121. The topological polar surface area (TPSA) is 66.7 Å². The van der Waals surface area contributed by atoms with Crippen molar-refractivity contribution in [1.29, 1.82) is 0 Å². The van der Waals surface area contributed by atoms with E-state index in [9.17, 15) is 9.59 Å². The zero-order valence-electron chi connectivity index (χ0n) is 17.5. The number of pyridine rings is 1. The molecule has 1 atom stereocenters. The van der Waals surface area contributed by atoms with Gasteiger partial charge < -0.3 is 5.32 Å². The molecule has 1 amide bonds. The van der Waals surface area contributed by atoms with Crippen LogP contribution in [0.1, 0.15) is 36.6 Å². The van der Waals surface area contributed by atoms with Crippen molar-refractivity contribution in [2.45, 2.75) is 26.8 Å². The van der Waals surface area contributed by atoms with Gasteiger partial charge in [-0.1, -0.05) is 60.4 Å². The van der Waals surface area contributed by atoms with Crippen LogP contribution in [0.3, 0.4) is 0 Å². The molecule has 3 aromatic rings. The highest BCUT2D eigenvalue weighted by molar-refractivity contribution is 8.26. The van der Waals surface area contributed by atoms with Crippen molar-refractivity contribution < 1.29 is 4.79 Å². The largest absolute Gasteiger partial charge is 0.363 e. The van der Waals surface area contributed by atoms with Crippen molar-refractivity contribution in [2.24, 2.45) is 0 Å². The van der Waals surface area contributed by atoms with E-state index in [2.05, 4.69) is 5.32 Å². The summed E-state index contributed by atoms with van der Waals surface area (Å²) < 4.78 is 2.01. The van der Waals surface area contributed by atoms with Gasteiger partial charge in [-0.05, 0) is 44.0 Å². The number of nitrogens with one attached hydrogen (secondary N) is 1. The minimum absolute atomic E-state index is 0.0862. The van der Waals surface area contributed by atoms with Crippen molar-refractivity contribution in [3.8, 4) is 0 Å². The highest BCUT2D eigenvalue weighted by atomic mass is 32.2. The maximum atomic E-state index is 13.4. The molecule has 31 heavy (non-hydrogen) atoms. The Morgan fingerprint density at radius 1 is 1.19 bits per heavy atom. The first-order valence-electron chi connectivity index (χ1n) is 9.99. The molecule has 4 rings (SSSR count). The molecule has 6 nitrogen and oxygen atoms in total. The van der Waals surface area contributed by atoms with Gasteiger partial charge >= 0.3 is 0 Å². The Morgan fingerprint density at radius 2 is 1.94 bits per heavy atom. The second-order valence-electron chi connectivity index (χ2n) is 7.27. The molecule has 0 radical (unpaired) electrons. The first kappa shape index (κ1) is 21.3. The van der Waals surface area contributed by atoms with Crippen LogP contribution in [0.4, 0.5) is 5.82 Å². The van der Waals surface area contributed by atoms with Crippen LogP contribution in [0.2, 0.25) is 0 Å². The van der Waals surface area contributed by atoms with Crippen LogP contribution in [0, 0.1) is 6.92 Å². The fourth-order valence-electron chi connectivity index (χ4n) is 3.49. The third kappa shape index (κ3) is 4.00. The molecule has 0 aliphatic carbocycles. The fraction of sp³-hybridized carbons (Fsp3) is 0.217. The molecule has 3 heterocycles. The van der Waals surface area contributed by atoms with Gasteiger partial charge in [-0.2, -0.15) is 0 Å². The van der Waals surface area contributed by atoms with Gasteiger partial charge in [0.05, 0.1) is 10.5 Å². The van der Waals surface area contributed by atoms with Crippen LogP contribution < -0.4 is 10.9 Å². The molecule has 0 unspecified atom stereocenters. The number of anilines is 1. The molecular formula is C23H22N4O2S2. The van der Waals surface area contributed by atoms with E-state index in [0.717, 1.165) is 11.1 Å². The smallest absolute Gasteiger partial charge is 0.267 e. The van der Waals surface area contributed by atoms with Crippen molar-refractivity contribution >= 4 is 51.7 Å². The van der Waals surface area contributed by atoms with E-state index in [1.165, 1.54) is 21.1 Å². The van der Waals surface area contributed by atoms with Crippen LogP contribution in [0.15, 0.2) is 58.4 Å². The Kier molecular flexibility index (Phi) is 5.93. The zero-order valence-corrected chi connectivity index (χ0v) is 19.1. The molecule has 1 N–H and O–H groups in total. The van der Waals surface area contributed by atoms with Gasteiger partial charge in [-0.25, -0.2) is 4.98 Å². The fourth-order valence-corrected chi connectivity index (χ4v) is 4.85. The highest BCUT2D eigenvalue weighted by Crippen LogP contribution is 2.33. The van der Waals surface area contributed by atoms with Gasteiger partial charge in [0.15, 0.2) is 0 Å². The van der Waals surface area contributed by atoms with Crippen molar-refractivity contribution in [3.05, 3.63) is 80.6 Å². The number of aromatic nitrogens is 2. The summed E-state index contributed by atoms with van der Waals surface area (Å²) in [6.07, 6.45) is 3.30. The number of carbonyl (C=O) groups excluding carboxylic acids is 1. The van der Waals surface area contributed by atoms with E-state index in [4.69, 9.17) is 17.2 Å². The van der Waals surface area contributed by atoms with Crippen LogP contribution in [-0.2, 0) is 4.79 Å². The molecule has 1 fully saturated rings. The Balaban J connectivity index is 1.87. The molecule has 2 aromatic heterocycles. The first-order chi connectivity index (χ1) is 14.9. The van der Waals surface area contributed by atoms with Gasteiger partial charge in [-0.15, -0.1) is 0 Å². The number of hydrogen-bond donors (Lipinski definition) is 1. The summed E-state index contributed by atoms with van der Waals surface area (Å²) in [5.74, 6) is 0.255. The molecule has 0 bridgehead atoms. The van der Waals surface area contributed by atoms with Gasteiger partial charge in [0.1, 0.15) is 15.8 Å². The third-order valence-corrected chi connectivity index (χ3v) is 6.58. The number of thioether (sulfide) groups is 1. The number of amides is 1. The monoisotopic (exact) mass is 450 g/mol. The van der Waals surface area contributed by atoms with E-state index >= 15 is 0 Å². The van der Waals surface area contributed by atoms with Crippen molar-refractivity contribution in [3.63, 3.8) is 0 Å². The molecule has 1 aliphatic rings. The number of fused-ring (bicyclic) bond motifs is 1. The lowest BCUT2D eigenvalue weighted by Crippen LogP contribution is -2.27. The van der Waals surface area contributed by atoms with Gasteiger partial charge in [-0.3, -0.25) is 18.9 Å². The number of rotatable bonds is 5. The molecular weight excluding hydrogens is 428 g/mol. The Morgan fingerprint density at radius 3 is 2.61 bits per heavy atom. The van der Waals surface area contributed by atoms with Crippen LogP contribution in [0.25, 0.3) is 11.7 Å². The number of carbonyl (C=O) groups is 1. The lowest BCUT2D eigenvalue weighted by atomic mass is 10.1. The molecule has 1 aromatic carbocycles. The van der Waals surface area contributed by atoms with Crippen molar-refractivity contribution in [2.75, 3.05) is 11.9 Å². The molecule has 1 aliphatic heterocycles. The second kappa shape index (κ2) is 8.64. The van der Waals surface area contributed by atoms with Gasteiger partial charge in [0.25, 0.3) is 11.5 Å². The number of aryl methyl sites for hydroxylation is 1. The lowest BCUT2D eigenvalue weighted by Gasteiger charge is -2.18. The predicted octanol–water partition coefficient (Wildman–Crippen LogP) is 4.40. The third-order valence-electron chi connectivity index (χ3n) is 5.20. The summed E-state index contributed by atoms with van der Waals surface area (Å²) in [7, 11) is 0. The maximum absolute atomic E-state index is 13.4. The number of likely N-dealkylation sites (N-methyl/N-ethyl adjacent to an activating group) is 1. The summed E-state index contributed by atoms with van der Waals surface area (Å²) in [6, 6.07) is 13.6. The Labute approximate surface area is 190 Å². The number of nitrogens with zero attached hydrogens (tertiary/aromatic N) is 3. The number of thiocarbonyl (C=S) groups is 1. The predicted molar refractivity (Wildman–Crippen MR) is 130 cm³/mol. The van der Waals surface area contributed by atoms with Gasteiger partial charge in [0, 0.05) is 18.8 Å². The summed E-state index contributed by atoms with van der Waals surface area (Å²) in [4.78, 5) is 32.9. The van der Waals surface area contributed by atoms with Gasteiger partial charge in [0.2, 0.25) is 0 Å². The Hall–Kier alpha value is -2.97. The SMILES string of the molecule is CCN1C(=O)/C(=C/c2c(N[C@@H](C)c3ccccc3)nc3c(C)cccn3c2=O)SC1=S. The van der Waals surface area contributed by atoms with E-state index < -0.39 is 0 Å². The summed E-state index contributed by atoms with van der Waals surface area (Å²) >= 11 is 6.52. The minimum Gasteiger partial charge on any atom is -0.363 e.